The first-order valence-electron chi connectivity index (χ1n) is 23.0. The monoisotopic (exact) mass is 842 g/mol. The predicted molar refractivity (Wildman–Crippen MR) is 278 cm³/mol. The van der Waals surface area contributed by atoms with Crippen LogP contribution in [0.25, 0.3) is 77.1 Å². The van der Waals surface area contributed by atoms with Crippen LogP contribution in [0.3, 0.4) is 0 Å². The van der Waals surface area contributed by atoms with Gasteiger partial charge in [0.1, 0.15) is 11.2 Å². The van der Waals surface area contributed by atoms with Gasteiger partial charge in [0.15, 0.2) is 0 Å². The van der Waals surface area contributed by atoms with Crippen LogP contribution in [-0.4, -0.2) is 4.57 Å². The summed E-state index contributed by atoms with van der Waals surface area (Å²) in [4.78, 5) is 2.45. The Hall–Kier alpha value is -7.62. The lowest BCUT2D eigenvalue weighted by atomic mass is 9.82. The van der Waals surface area contributed by atoms with Gasteiger partial charge in [-0.15, -0.1) is 0 Å². The molecule has 9 aromatic carbocycles. The van der Waals surface area contributed by atoms with Gasteiger partial charge >= 0.3 is 0 Å². The van der Waals surface area contributed by atoms with E-state index in [0.29, 0.717) is 0 Å². The molecule has 0 spiro atoms. The summed E-state index contributed by atoms with van der Waals surface area (Å²) < 4.78 is 9.03. The van der Waals surface area contributed by atoms with Crippen LogP contribution in [0, 0.1) is 0 Å². The molecular weight excluding hydrogens is 789 g/mol. The number of furan rings is 1. The highest BCUT2D eigenvalue weighted by Crippen LogP contribution is 2.52. The largest absolute Gasteiger partial charge is 0.455 e. The van der Waals surface area contributed by atoms with E-state index < -0.39 is 0 Å². The van der Waals surface area contributed by atoms with Gasteiger partial charge < -0.3 is 13.9 Å². The normalized spacial score (nSPS) is 12.3. The number of rotatable bonds is 6. The Morgan fingerprint density at radius 2 is 0.969 bits per heavy atom. The first-order valence-corrected chi connectivity index (χ1v) is 23.0. The van der Waals surface area contributed by atoms with E-state index in [2.05, 4.69) is 244 Å². The van der Waals surface area contributed by atoms with Crippen LogP contribution in [0.15, 0.2) is 217 Å². The van der Waals surface area contributed by atoms with Crippen molar-refractivity contribution in [3.63, 3.8) is 0 Å². The molecule has 0 bridgehead atoms. The van der Waals surface area contributed by atoms with Crippen molar-refractivity contribution in [2.45, 2.75) is 46.0 Å². The Morgan fingerprint density at radius 1 is 0.462 bits per heavy atom. The molecule has 0 aliphatic heterocycles. The number of unbranched alkanes of at least 4 members (excludes halogenated alkanes) is 1. The second kappa shape index (κ2) is 17.5. The number of hydrogen-bond donors (Lipinski definition) is 0. The summed E-state index contributed by atoms with van der Waals surface area (Å²) in [5.74, 6) is 0. The van der Waals surface area contributed by atoms with Crippen LogP contribution >= 0.6 is 0 Å². The second-order valence-corrected chi connectivity index (χ2v) is 17.6. The summed E-state index contributed by atoms with van der Waals surface area (Å²) in [6.07, 6.45) is 2.64. The zero-order valence-corrected chi connectivity index (χ0v) is 37.9. The Balaban J connectivity index is 0.000000264. The molecule has 0 radical (unpaired) electrons. The van der Waals surface area contributed by atoms with Crippen molar-refractivity contribution in [1.29, 1.82) is 0 Å². The van der Waals surface area contributed by atoms with E-state index in [0.717, 1.165) is 49.9 Å². The number of benzene rings is 9. The van der Waals surface area contributed by atoms with Gasteiger partial charge in [0.05, 0.1) is 16.6 Å². The minimum atomic E-state index is -0.121. The summed E-state index contributed by atoms with van der Waals surface area (Å²) in [6.45, 7) is 9.07. The lowest BCUT2D eigenvalue weighted by Gasteiger charge is -2.29. The van der Waals surface area contributed by atoms with Crippen LogP contribution in [-0.2, 0) is 12.5 Å². The third kappa shape index (κ3) is 7.47. The molecule has 12 rings (SSSR count). The highest BCUT2D eigenvalue weighted by molar-refractivity contribution is 6.27. The van der Waals surface area contributed by atoms with Crippen molar-refractivity contribution in [2.75, 3.05) is 4.90 Å². The molecule has 1 aliphatic rings. The molecule has 1 aliphatic carbocycles. The molecule has 65 heavy (non-hydrogen) atoms. The molecule has 0 saturated heterocycles. The number of hydrogen-bond acceptors (Lipinski definition) is 2. The maximum absolute atomic E-state index is 6.69. The van der Waals surface area contributed by atoms with Crippen molar-refractivity contribution < 1.29 is 4.42 Å². The van der Waals surface area contributed by atoms with Crippen LogP contribution in [0.5, 0.6) is 0 Å². The van der Waals surface area contributed by atoms with Crippen LogP contribution in [0.4, 0.5) is 17.1 Å². The molecule has 0 unspecified atom stereocenters. The number of fused-ring (bicyclic) bond motifs is 10. The van der Waals surface area contributed by atoms with Crippen molar-refractivity contribution in [2.24, 2.45) is 7.05 Å². The third-order valence-corrected chi connectivity index (χ3v) is 13.2. The van der Waals surface area contributed by atoms with Gasteiger partial charge in [0.2, 0.25) is 0 Å². The standard InChI is InChI=1S/C46H34N2O.C12H10.C4H10/c1-46(2)38-18-10-7-15-33(38)34-26-25-32(27-39(34)46)48(31-23-21-30(22-24-31)29-13-5-4-6-14-29)41-28-37-35-16-9-12-20-42(35)49-45(37)43-36-17-8-11-19-40(36)47(3)44(41)43;1-3-7-11(8-4-1)12-9-5-2-6-10-12;1-3-4-2/h4-28H,1-3H3;1-10H;3-4H2,1-2H3. The average Bonchev–Trinajstić information content (AvgIpc) is 3.97. The number of para-hydroxylation sites is 2. The molecule has 2 aromatic heterocycles. The SMILES string of the molecule is CCCC.Cn1c2ccccc2c2c3oc4ccccc4c3cc(N(c3ccc(-c4ccccc4)cc3)c3ccc4c(c3)C(C)(C)c3ccccc3-4)c21.c1ccc(-c2ccccc2)cc1. The predicted octanol–water partition coefficient (Wildman–Crippen LogP) is 17.8. The van der Waals surface area contributed by atoms with E-state index in [4.69, 9.17) is 4.42 Å². The van der Waals surface area contributed by atoms with Crippen LogP contribution in [0.1, 0.15) is 51.7 Å². The fourth-order valence-electron chi connectivity index (χ4n) is 9.65. The Morgan fingerprint density at radius 3 is 1.60 bits per heavy atom. The molecule has 318 valence electrons. The van der Waals surface area contributed by atoms with E-state index in [-0.39, 0.29) is 5.41 Å². The zero-order chi connectivity index (χ0) is 44.5. The highest BCUT2D eigenvalue weighted by atomic mass is 16.3. The Bertz CT molecular complexity index is 3370. The summed E-state index contributed by atoms with van der Waals surface area (Å²) in [5.41, 5.74) is 17.7. The number of nitrogens with zero attached hydrogens (tertiary/aromatic N) is 2. The third-order valence-electron chi connectivity index (χ3n) is 13.2. The molecule has 0 fully saturated rings. The minimum Gasteiger partial charge on any atom is -0.455 e. The summed E-state index contributed by atoms with van der Waals surface area (Å²) in [5, 5.41) is 4.57. The van der Waals surface area contributed by atoms with E-state index in [1.807, 2.05) is 12.1 Å². The molecule has 0 amide bonds. The van der Waals surface area contributed by atoms with Gasteiger partial charge in [0.25, 0.3) is 0 Å². The molecule has 0 N–H and O–H groups in total. The molecular formula is C62H54N2O. The van der Waals surface area contributed by atoms with E-state index in [1.165, 1.54) is 68.3 Å². The number of aromatic nitrogens is 1. The van der Waals surface area contributed by atoms with Gasteiger partial charge in [-0.1, -0.05) is 210 Å². The van der Waals surface area contributed by atoms with Gasteiger partial charge in [0, 0.05) is 45.5 Å². The smallest absolute Gasteiger partial charge is 0.145 e. The Kier molecular flexibility index (Phi) is 11.1. The molecule has 0 atom stereocenters. The van der Waals surface area contributed by atoms with Crippen molar-refractivity contribution in [1.82, 2.24) is 4.57 Å². The Labute approximate surface area is 382 Å². The lowest BCUT2D eigenvalue weighted by molar-refractivity contribution is 0.660. The average molecular weight is 843 g/mol. The molecule has 3 heteroatoms. The highest BCUT2D eigenvalue weighted by Gasteiger charge is 2.36. The zero-order valence-electron chi connectivity index (χ0n) is 37.9. The molecule has 11 aromatic rings. The maximum atomic E-state index is 6.69. The first kappa shape index (κ1) is 41.4. The van der Waals surface area contributed by atoms with Gasteiger partial charge in [-0.2, -0.15) is 0 Å². The van der Waals surface area contributed by atoms with Crippen molar-refractivity contribution in [3.8, 4) is 33.4 Å². The topological polar surface area (TPSA) is 21.3 Å². The lowest BCUT2D eigenvalue weighted by Crippen LogP contribution is -2.17. The summed E-state index contributed by atoms with van der Waals surface area (Å²) in [6, 6.07) is 75.8. The fraction of sp³-hybridized carbons (Fsp3) is 0.129. The van der Waals surface area contributed by atoms with E-state index >= 15 is 0 Å². The quantitative estimate of drug-likeness (QED) is 0.166. The molecule has 2 heterocycles. The minimum absolute atomic E-state index is 0.121. The second-order valence-electron chi connectivity index (χ2n) is 17.6. The number of aryl methyl sites for hydroxylation is 1. The maximum Gasteiger partial charge on any atom is 0.145 e. The van der Waals surface area contributed by atoms with Gasteiger partial charge in [-0.3, -0.25) is 0 Å². The summed E-state index contributed by atoms with van der Waals surface area (Å²) >= 11 is 0. The van der Waals surface area contributed by atoms with Crippen molar-refractivity contribution in [3.05, 3.63) is 223 Å². The van der Waals surface area contributed by atoms with Crippen LogP contribution in [0.2, 0.25) is 0 Å². The van der Waals surface area contributed by atoms with E-state index in [1.54, 1.807) is 0 Å². The van der Waals surface area contributed by atoms with E-state index in [9.17, 15) is 0 Å². The molecule has 3 nitrogen and oxygen atoms in total. The fourth-order valence-corrected chi connectivity index (χ4v) is 9.65. The van der Waals surface area contributed by atoms with Gasteiger partial charge in [-0.05, 0) is 87.0 Å². The summed E-state index contributed by atoms with van der Waals surface area (Å²) in [7, 11) is 2.18. The van der Waals surface area contributed by atoms with Gasteiger partial charge in [-0.25, -0.2) is 0 Å². The van der Waals surface area contributed by atoms with Crippen LogP contribution < -0.4 is 4.90 Å². The first-order chi connectivity index (χ1) is 31.9. The number of anilines is 3. The van der Waals surface area contributed by atoms with Crippen molar-refractivity contribution >= 4 is 60.8 Å². The molecule has 0 saturated carbocycles.